The second-order valence-electron chi connectivity index (χ2n) is 6.06. The van der Waals surface area contributed by atoms with Gasteiger partial charge in [0, 0.05) is 13.7 Å². The summed E-state index contributed by atoms with van der Waals surface area (Å²) in [5, 5.41) is 9.73. The number of ether oxygens (including phenoxy) is 1. The lowest BCUT2D eigenvalue weighted by atomic mass is 9.97. The number of rotatable bonds is 13. The first-order valence-corrected chi connectivity index (χ1v) is 8.22. The summed E-state index contributed by atoms with van der Waals surface area (Å²) < 4.78 is 4.94. The molecule has 2 unspecified atom stereocenters. The molecule has 0 amide bonds. The van der Waals surface area contributed by atoms with Crippen molar-refractivity contribution in [1.29, 1.82) is 0 Å². The highest BCUT2D eigenvalue weighted by Gasteiger charge is 2.10. The highest BCUT2D eigenvalue weighted by molar-refractivity contribution is 5.46. The second kappa shape index (κ2) is 12.7. The molecule has 0 aliphatic carbocycles. The molecule has 0 fully saturated rings. The fourth-order valence-corrected chi connectivity index (χ4v) is 2.20. The number of aliphatic hydroxyl groups excluding tert-OH is 1. The molecule has 0 rings (SSSR count). The summed E-state index contributed by atoms with van der Waals surface area (Å²) >= 11 is 0. The van der Waals surface area contributed by atoms with Crippen LogP contribution in [0.4, 0.5) is 0 Å². The van der Waals surface area contributed by atoms with E-state index in [-0.39, 0.29) is 0 Å². The van der Waals surface area contributed by atoms with Gasteiger partial charge in [0.15, 0.2) is 0 Å². The first kappa shape index (κ1) is 22.3. The zero-order valence-electron chi connectivity index (χ0n) is 15.5. The molecule has 0 saturated heterocycles. The summed E-state index contributed by atoms with van der Waals surface area (Å²) in [7, 11) is 3.60. The Kier molecular flexibility index (Phi) is 11.8. The zero-order chi connectivity index (χ0) is 18.5. The number of methoxy groups -OCH3 is 1. The molecule has 0 aromatic heterocycles. The van der Waals surface area contributed by atoms with E-state index in [9.17, 15) is 5.11 Å². The van der Waals surface area contributed by atoms with Crippen molar-refractivity contribution in [3.8, 4) is 0 Å². The van der Waals surface area contributed by atoms with E-state index < -0.39 is 6.10 Å². The van der Waals surface area contributed by atoms with Crippen molar-refractivity contribution in [2.75, 3.05) is 33.9 Å². The average molecular weight is 332 g/mol. The van der Waals surface area contributed by atoms with Crippen LogP contribution < -0.4 is 0 Å². The van der Waals surface area contributed by atoms with Gasteiger partial charge in [-0.05, 0) is 37.1 Å². The van der Waals surface area contributed by atoms with Crippen molar-refractivity contribution >= 4 is 0 Å². The van der Waals surface area contributed by atoms with Crippen LogP contribution in [-0.2, 0) is 4.74 Å². The number of likely N-dealkylation sites (N-methyl/N-ethyl adjacent to an activating group) is 1. The third-order valence-corrected chi connectivity index (χ3v) is 3.84. The minimum absolute atomic E-state index is 0.353. The normalized spacial score (nSPS) is 14.6. The second-order valence-corrected chi connectivity index (χ2v) is 6.06. The molecule has 0 spiro atoms. The number of allylic oxidation sites excluding steroid dienone is 8. The zero-order valence-corrected chi connectivity index (χ0v) is 15.5. The summed E-state index contributed by atoms with van der Waals surface area (Å²) in [6.45, 7) is 19.7. The lowest BCUT2D eigenvalue weighted by molar-refractivity contribution is 0.0427. The van der Waals surface area contributed by atoms with Gasteiger partial charge in [0.2, 0.25) is 0 Å². The SMILES string of the molecule is C=C/C=C(\C=C)C(=C)/C=C\C(=C)C(C)CCN(C)CC(O)COC. The van der Waals surface area contributed by atoms with Gasteiger partial charge in [-0.1, -0.05) is 69.2 Å². The molecule has 1 N–H and O–H groups in total. The van der Waals surface area contributed by atoms with Crippen molar-refractivity contribution in [2.24, 2.45) is 5.92 Å². The van der Waals surface area contributed by atoms with E-state index in [0.717, 1.165) is 29.7 Å². The predicted octanol–water partition coefficient (Wildman–Crippen LogP) is 3.92. The van der Waals surface area contributed by atoms with Crippen LogP contribution in [0.1, 0.15) is 13.3 Å². The Hall–Kier alpha value is -1.68. The average Bonchev–Trinajstić information content (AvgIpc) is 2.55. The van der Waals surface area contributed by atoms with Gasteiger partial charge < -0.3 is 14.7 Å². The molecule has 0 bridgehead atoms. The van der Waals surface area contributed by atoms with E-state index in [1.165, 1.54) is 0 Å². The molecule has 2 atom stereocenters. The molecule has 0 saturated carbocycles. The minimum Gasteiger partial charge on any atom is -0.389 e. The molecular formula is C21H33NO2. The summed E-state index contributed by atoms with van der Waals surface area (Å²) in [6, 6.07) is 0. The fourth-order valence-electron chi connectivity index (χ4n) is 2.20. The van der Waals surface area contributed by atoms with Gasteiger partial charge in [-0.3, -0.25) is 0 Å². The van der Waals surface area contributed by atoms with Crippen LogP contribution in [0.5, 0.6) is 0 Å². The largest absolute Gasteiger partial charge is 0.389 e. The smallest absolute Gasteiger partial charge is 0.0899 e. The Labute approximate surface area is 148 Å². The van der Waals surface area contributed by atoms with Gasteiger partial charge >= 0.3 is 0 Å². The molecule has 0 aromatic carbocycles. The Morgan fingerprint density at radius 1 is 1.25 bits per heavy atom. The summed E-state index contributed by atoms with van der Waals surface area (Å²) in [5.74, 6) is 0.353. The Morgan fingerprint density at radius 2 is 1.92 bits per heavy atom. The monoisotopic (exact) mass is 331 g/mol. The number of aliphatic hydroxyl groups is 1. The van der Waals surface area contributed by atoms with Gasteiger partial charge in [0.05, 0.1) is 12.7 Å². The van der Waals surface area contributed by atoms with Crippen LogP contribution in [0.15, 0.2) is 73.4 Å². The number of hydrogen-bond donors (Lipinski definition) is 1. The molecule has 3 heteroatoms. The third-order valence-electron chi connectivity index (χ3n) is 3.84. The fraction of sp³-hybridized carbons (Fsp3) is 0.429. The van der Waals surface area contributed by atoms with E-state index in [2.05, 4.69) is 38.1 Å². The van der Waals surface area contributed by atoms with Crippen LogP contribution in [0, 0.1) is 5.92 Å². The first-order chi connectivity index (χ1) is 11.3. The van der Waals surface area contributed by atoms with Crippen LogP contribution in [0.3, 0.4) is 0 Å². The number of nitrogens with zero attached hydrogens (tertiary/aromatic N) is 1. The highest BCUT2D eigenvalue weighted by atomic mass is 16.5. The van der Waals surface area contributed by atoms with E-state index in [1.807, 2.05) is 25.3 Å². The molecule has 0 heterocycles. The molecule has 3 nitrogen and oxygen atoms in total. The van der Waals surface area contributed by atoms with Crippen LogP contribution in [-0.4, -0.2) is 50.0 Å². The molecule has 0 aromatic rings. The van der Waals surface area contributed by atoms with Gasteiger partial charge in [-0.2, -0.15) is 0 Å². The van der Waals surface area contributed by atoms with Crippen molar-refractivity contribution in [3.63, 3.8) is 0 Å². The molecule has 134 valence electrons. The third kappa shape index (κ3) is 9.46. The maximum Gasteiger partial charge on any atom is 0.0899 e. The topological polar surface area (TPSA) is 32.7 Å². The molecule has 0 aliphatic rings. The predicted molar refractivity (Wildman–Crippen MR) is 105 cm³/mol. The first-order valence-electron chi connectivity index (χ1n) is 8.22. The van der Waals surface area contributed by atoms with Gasteiger partial charge in [0.1, 0.15) is 0 Å². The molecule has 24 heavy (non-hydrogen) atoms. The minimum atomic E-state index is -0.448. The number of hydrogen-bond acceptors (Lipinski definition) is 3. The lowest BCUT2D eigenvalue weighted by Crippen LogP contribution is -2.33. The summed E-state index contributed by atoms with van der Waals surface area (Å²) in [5.41, 5.74) is 2.90. The van der Waals surface area contributed by atoms with Gasteiger partial charge in [0.25, 0.3) is 0 Å². The van der Waals surface area contributed by atoms with Crippen molar-refractivity contribution in [1.82, 2.24) is 4.90 Å². The van der Waals surface area contributed by atoms with Crippen LogP contribution in [0.25, 0.3) is 0 Å². The van der Waals surface area contributed by atoms with Gasteiger partial charge in [-0.15, -0.1) is 0 Å². The van der Waals surface area contributed by atoms with E-state index in [1.54, 1.807) is 19.3 Å². The van der Waals surface area contributed by atoms with E-state index >= 15 is 0 Å². The van der Waals surface area contributed by atoms with Crippen molar-refractivity contribution in [2.45, 2.75) is 19.4 Å². The quantitative estimate of drug-likeness (QED) is 0.519. The summed E-state index contributed by atoms with van der Waals surface area (Å²) in [4.78, 5) is 2.11. The van der Waals surface area contributed by atoms with E-state index in [4.69, 9.17) is 4.74 Å². The van der Waals surface area contributed by atoms with Crippen LogP contribution in [0.2, 0.25) is 0 Å². The molecule has 0 aliphatic heterocycles. The Morgan fingerprint density at radius 3 is 2.46 bits per heavy atom. The maximum absolute atomic E-state index is 9.73. The highest BCUT2D eigenvalue weighted by Crippen LogP contribution is 2.17. The standard InChI is InChI=1S/C21H33NO2/c1-8-10-20(9-2)19(5)12-11-17(3)18(4)13-14-22(6)15-21(23)16-24-7/h8-12,18,21,23H,1-3,5,13-16H2,4,6-7H3/b12-11-,20-10+. The van der Waals surface area contributed by atoms with Crippen LogP contribution >= 0.6 is 0 Å². The lowest BCUT2D eigenvalue weighted by Gasteiger charge is -2.22. The maximum atomic E-state index is 9.73. The van der Waals surface area contributed by atoms with E-state index in [0.29, 0.717) is 19.1 Å². The summed E-state index contributed by atoms with van der Waals surface area (Å²) in [6.07, 6.45) is 9.86. The van der Waals surface area contributed by atoms with Gasteiger partial charge in [-0.25, -0.2) is 0 Å². The molecule has 0 radical (unpaired) electrons. The Balaban J connectivity index is 4.39. The van der Waals surface area contributed by atoms with Crippen molar-refractivity contribution in [3.05, 3.63) is 73.4 Å². The Bertz CT molecular complexity index is 488. The molecular weight excluding hydrogens is 298 g/mol. The van der Waals surface area contributed by atoms with Crippen molar-refractivity contribution < 1.29 is 9.84 Å².